The van der Waals surface area contributed by atoms with Crippen molar-refractivity contribution < 1.29 is 9.18 Å². The number of anilines is 2. The Morgan fingerprint density at radius 1 is 1.29 bits per heavy atom. The smallest absolute Gasteiger partial charge is 0.251 e. The molecule has 21 heavy (non-hydrogen) atoms. The largest absolute Gasteiger partial charge is 0.397 e. The first kappa shape index (κ1) is 14.8. The van der Waals surface area contributed by atoms with E-state index in [1.165, 1.54) is 6.07 Å². The summed E-state index contributed by atoms with van der Waals surface area (Å²) >= 11 is 0. The topological polar surface area (TPSA) is 58.4 Å². The van der Waals surface area contributed by atoms with Gasteiger partial charge in [-0.1, -0.05) is 18.2 Å². The summed E-state index contributed by atoms with van der Waals surface area (Å²) in [6.45, 7) is 0.369. The molecule has 0 atom stereocenters. The third-order valence-corrected chi connectivity index (χ3v) is 3.30. The van der Waals surface area contributed by atoms with Gasteiger partial charge in [0.15, 0.2) is 0 Å². The number of nitrogens with one attached hydrogen (secondary N) is 1. The number of nitrogens with zero attached hydrogens (tertiary/aromatic N) is 1. The van der Waals surface area contributed by atoms with E-state index in [-0.39, 0.29) is 11.7 Å². The van der Waals surface area contributed by atoms with Crippen molar-refractivity contribution in [1.82, 2.24) is 5.32 Å². The maximum Gasteiger partial charge on any atom is 0.251 e. The molecule has 0 bridgehead atoms. The van der Waals surface area contributed by atoms with Gasteiger partial charge in [-0.2, -0.15) is 0 Å². The predicted octanol–water partition coefficient (Wildman–Crippen LogP) is 2.40. The van der Waals surface area contributed by atoms with E-state index < -0.39 is 0 Å². The molecule has 0 unspecified atom stereocenters. The van der Waals surface area contributed by atoms with Crippen LogP contribution in [0.15, 0.2) is 42.5 Å². The lowest BCUT2D eigenvalue weighted by Crippen LogP contribution is -2.21. The highest BCUT2D eigenvalue weighted by molar-refractivity contribution is 5.96. The first-order valence-electron chi connectivity index (χ1n) is 6.59. The number of amides is 1. The number of rotatable bonds is 4. The number of halogens is 1. The van der Waals surface area contributed by atoms with E-state index in [1.54, 1.807) is 43.4 Å². The highest BCUT2D eigenvalue weighted by atomic mass is 19.1. The SMILES string of the molecule is CNC(=O)c1ccc(N)c(N(C)Cc2ccccc2F)c1. The van der Waals surface area contributed by atoms with E-state index >= 15 is 0 Å². The molecule has 3 N–H and O–H groups in total. The van der Waals surface area contributed by atoms with E-state index in [0.717, 1.165) is 0 Å². The summed E-state index contributed by atoms with van der Waals surface area (Å²) in [5.74, 6) is -0.444. The molecule has 0 aliphatic carbocycles. The molecule has 0 spiro atoms. The van der Waals surface area contributed by atoms with Crippen LogP contribution >= 0.6 is 0 Å². The van der Waals surface area contributed by atoms with Gasteiger partial charge in [-0.15, -0.1) is 0 Å². The summed E-state index contributed by atoms with van der Waals surface area (Å²) in [6, 6.07) is 11.6. The zero-order valence-corrected chi connectivity index (χ0v) is 12.1. The maximum absolute atomic E-state index is 13.7. The third kappa shape index (κ3) is 3.31. The molecule has 0 aliphatic rings. The Kier molecular flexibility index (Phi) is 4.42. The van der Waals surface area contributed by atoms with E-state index in [1.807, 2.05) is 11.9 Å². The van der Waals surface area contributed by atoms with Crippen molar-refractivity contribution >= 4 is 17.3 Å². The van der Waals surface area contributed by atoms with Crippen LogP contribution in [0.5, 0.6) is 0 Å². The van der Waals surface area contributed by atoms with Gasteiger partial charge in [-0.05, 0) is 24.3 Å². The summed E-state index contributed by atoms with van der Waals surface area (Å²) in [7, 11) is 3.38. The molecular weight excluding hydrogens is 269 g/mol. The molecule has 4 nitrogen and oxygen atoms in total. The van der Waals surface area contributed by atoms with Gasteiger partial charge in [0.25, 0.3) is 5.91 Å². The van der Waals surface area contributed by atoms with E-state index in [0.29, 0.717) is 29.0 Å². The fraction of sp³-hybridized carbons (Fsp3) is 0.188. The van der Waals surface area contributed by atoms with Crippen molar-refractivity contribution in [3.8, 4) is 0 Å². The molecule has 2 aromatic rings. The maximum atomic E-state index is 13.7. The van der Waals surface area contributed by atoms with Crippen molar-refractivity contribution in [1.29, 1.82) is 0 Å². The van der Waals surface area contributed by atoms with Crippen molar-refractivity contribution in [2.45, 2.75) is 6.54 Å². The average molecular weight is 287 g/mol. The molecule has 2 aromatic carbocycles. The monoisotopic (exact) mass is 287 g/mol. The Morgan fingerprint density at radius 2 is 2.00 bits per heavy atom. The normalized spacial score (nSPS) is 10.2. The summed E-state index contributed by atoms with van der Waals surface area (Å²) in [6.07, 6.45) is 0. The Labute approximate surface area is 123 Å². The number of carbonyl (C=O) groups is 1. The van der Waals surface area contributed by atoms with Gasteiger partial charge < -0.3 is 16.0 Å². The molecule has 110 valence electrons. The second kappa shape index (κ2) is 6.26. The van der Waals surface area contributed by atoms with Gasteiger partial charge in [0.05, 0.1) is 11.4 Å². The van der Waals surface area contributed by atoms with Crippen LogP contribution in [0, 0.1) is 5.82 Å². The van der Waals surface area contributed by atoms with Crippen LogP contribution in [-0.2, 0) is 6.54 Å². The molecule has 0 radical (unpaired) electrons. The number of hydrogen-bond acceptors (Lipinski definition) is 3. The molecule has 2 rings (SSSR count). The van der Waals surface area contributed by atoms with Crippen molar-refractivity contribution in [2.75, 3.05) is 24.7 Å². The van der Waals surface area contributed by atoms with Crippen LogP contribution in [0.25, 0.3) is 0 Å². The molecule has 0 saturated heterocycles. The summed E-state index contributed by atoms with van der Waals surface area (Å²) in [5, 5.41) is 2.57. The van der Waals surface area contributed by atoms with Gasteiger partial charge >= 0.3 is 0 Å². The van der Waals surface area contributed by atoms with Gasteiger partial charge in [0.1, 0.15) is 5.82 Å². The van der Waals surface area contributed by atoms with Crippen LogP contribution < -0.4 is 16.0 Å². The number of nitrogen functional groups attached to an aromatic ring is 1. The zero-order chi connectivity index (χ0) is 15.4. The quantitative estimate of drug-likeness (QED) is 0.849. The zero-order valence-electron chi connectivity index (χ0n) is 12.1. The fourth-order valence-electron chi connectivity index (χ4n) is 2.13. The van der Waals surface area contributed by atoms with Crippen molar-refractivity contribution in [2.24, 2.45) is 0 Å². The molecule has 0 fully saturated rings. The molecule has 0 heterocycles. The Bertz CT molecular complexity index is 658. The van der Waals surface area contributed by atoms with E-state index in [2.05, 4.69) is 5.32 Å². The number of carbonyl (C=O) groups excluding carboxylic acids is 1. The minimum Gasteiger partial charge on any atom is -0.397 e. The minimum atomic E-state index is -0.259. The van der Waals surface area contributed by atoms with Crippen LogP contribution in [0.4, 0.5) is 15.8 Å². The van der Waals surface area contributed by atoms with Gasteiger partial charge in [0, 0.05) is 31.8 Å². The molecule has 0 aliphatic heterocycles. The summed E-state index contributed by atoms with van der Waals surface area (Å²) in [5.41, 5.74) is 8.28. The Morgan fingerprint density at radius 3 is 2.67 bits per heavy atom. The molecule has 1 amide bonds. The summed E-state index contributed by atoms with van der Waals surface area (Å²) in [4.78, 5) is 13.5. The van der Waals surface area contributed by atoms with Crippen molar-refractivity contribution in [3.63, 3.8) is 0 Å². The first-order valence-corrected chi connectivity index (χ1v) is 6.59. The lowest BCUT2D eigenvalue weighted by atomic mass is 10.1. The number of nitrogens with two attached hydrogens (primary N) is 1. The second-order valence-corrected chi connectivity index (χ2v) is 4.80. The Balaban J connectivity index is 2.28. The first-order chi connectivity index (χ1) is 10.0. The molecular formula is C16H18FN3O. The van der Waals surface area contributed by atoms with E-state index in [4.69, 9.17) is 5.73 Å². The van der Waals surface area contributed by atoms with Gasteiger partial charge in [0.2, 0.25) is 0 Å². The van der Waals surface area contributed by atoms with Crippen LogP contribution in [0.3, 0.4) is 0 Å². The average Bonchev–Trinajstić information content (AvgIpc) is 2.49. The molecule has 5 heteroatoms. The second-order valence-electron chi connectivity index (χ2n) is 4.80. The molecule has 0 aromatic heterocycles. The highest BCUT2D eigenvalue weighted by Gasteiger charge is 2.12. The fourth-order valence-corrected chi connectivity index (χ4v) is 2.13. The van der Waals surface area contributed by atoms with Gasteiger partial charge in [-0.25, -0.2) is 4.39 Å². The third-order valence-electron chi connectivity index (χ3n) is 3.30. The lowest BCUT2D eigenvalue weighted by molar-refractivity contribution is 0.0963. The van der Waals surface area contributed by atoms with Crippen LogP contribution in [0.1, 0.15) is 15.9 Å². The van der Waals surface area contributed by atoms with Crippen molar-refractivity contribution in [3.05, 3.63) is 59.4 Å². The minimum absolute atomic E-state index is 0.185. The lowest BCUT2D eigenvalue weighted by Gasteiger charge is -2.22. The Hall–Kier alpha value is -2.56. The standard InChI is InChI=1S/C16H18FN3O/c1-19-16(21)11-7-8-14(18)15(9-11)20(2)10-12-5-3-4-6-13(12)17/h3-9H,10,18H2,1-2H3,(H,19,21). The van der Waals surface area contributed by atoms with Gasteiger partial charge in [-0.3, -0.25) is 4.79 Å². The van der Waals surface area contributed by atoms with Crippen LogP contribution in [0.2, 0.25) is 0 Å². The number of benzene rings is 2. The predicted molar refractivity (Wildman–Crippen MR) is 82.8 cm³/mol. The highest BCUT2D eigenvalue weighted by Crippen LogP contribution is 2.25. The molecule has 0 saturated carbocycles. The van der Waals surface area contributed by atoms with Crippen LogP contribution in [-0.4, -0.2) is 20.0 Å². The van der Waals surface area contributed by atoms with E-state index in [9.17, 15) is 9.18 Å². The number of hydrogen-bond donors (Lipinski definition) is 2. The summed E-state index contributed by atoms with van der Waals surface area (Å²) < 4.78 is 13.7.